The van der Waals surface area contributed by atoms with E-state index in [1.807, 2.05) is 19.9 Å². The van der Waals surface area contributed by atoms with Crippen LogP contribution in [0.4, 0.5) is 11.5 Å². The van der Waals surface area contributed by atoms with Gasteiger partial charge in [-0.3, -0.25) is 15.5 Å². The number of fused-ring (bicyclic) bond motifs is 1. The number of rotatable bonds is 4. The van der Waals surface area contributed by atoms with E-state index in [0.29, 0.717) is 5.82 Å². The van der Waals surface area contributed by atoms with Crippen molar-refractivity contribution < 1.29 is 4.92 Å². The van der Waals surface area contributed by atoms with Crippen molar-refractivity contribution in [3.63, 3.8) is 0 Å². The van der Waals surface area contributed by atoms with Gasteiger partial charge in [0, 0.05) is 17.5 Å². The Bertz CT molecular complexity index is 979. The average Bonchev–Trinajstić information content (AvgIpc) is 2.56. The summed E-state index contributed by atoms with van der Waals surface area (Å²) in [6.07, 6.45) is 1.60. The van der Waals surface area contributed by atoms with Crippen molar-refractivity contribution in [1.82, 2.24) is 4.98 Å². The van der Waals surface area contributed by atoms with E-state index in [1.165, 1.54) is 17.7 Å². The number of non-ortho nitro benzene ring substituents is 1. The second kappa shape index (κ2) is 6.68. The van der Waals surface area contributed by atoms with Crippen LogP contribution in [0.3, 0.4) is 0 Å². The Labute approximate surface area is 145 Å². The standard InChI is InChI=1S/C19H18N4O2/c1-12-8-14(3)19-17(9-12)13(2)10-18(21-19)22-20-11-15-4-6-16(7-5-15)23(24)25/h4-11H,1-3H3,(H,21,22). The Morgan fingerprint density at radius 3 is 2.48 bits per heavy atom. The second-order valence-electron chi connectivity index (χ2n) is 6.02. The molecular weight excluding hydrogens is 316 g/mol. The Morgan fingerprint density at radius 2 is 1.80 bits per heavy atom. The van der Waals surface area contributed by atoms with E-state index < -0.39 is 4.92 Å². The molecule has 0 aliphatic carbocycles. The number of hydrogen-bond acceptors (Lipinski definition) is 5. The zero-order valence-corrected chi connectivity index (χ0v) is 14.3. The highest BCUT2D eigenvalue weighted by atomic mass is 16.6. The largest absolute Gasteiger partial charge is 0.269 e. The number of anilines is 1. The van der Waals surface area contributed by atoms with Crippen LogP contribution < -0.4 is 5.43 Å². The fourth-order valence-electron chi connectivity index (χ4n) is 2.76. The van der Waals surface area contributed by atoms with Crippen LogP contribution in [-0.2, 0) is 0 Å². The summed E-state index contributed by atoms with van der Waals surface area (Å²) >= 11 is 0. The van der Waals surface area contributed by atoms with Gasteiger partial charge in [-0.2, -0.15) is 5.10 Å². The lowest BCUT2D eigenvalue weighted by atomic mass is 10.0. The van der Waals surface area contributed by atoms with Gasteiger partial charge in [0.25, 0.3) is 5.69 Å². The molecule has 25 heavy (non-hydrogen) atoms. The number of nitrogens with zero attached hydrogens (tertiary/aromatic N) is 3. The number of nitrogens with one attached hydrogen (secondary N) is 1. The van der Waals surface area contributed by atoms with Gasteiger partial charge in [0.15, 0.2) is 0 Å². The monoisotopic (exact) mass is 334 g/mol. The molecule has 0 amide bonds. The molecule has 0 unspecified atom stereocenters. The van der Waals surface area contributed by atoms with Gasteiger partial charge in [-0.1, -0.05) is 11.6 Å². The number of benzene rings is 2. The fourth-order valence-corrected chi connectivity index (χ4v) is 2.76. The third-order valence-corrected chi connectivity index (χ3v) is 3.95. The molecule has 1 N–H and O–H groups in total. The van der Waals surface area contributed by atoms with Crippen LogP contribution in [0.15, 0.2) is 47.6 Å². The molecule has 0 aliphatic rings. The van der Waals surface area contributed by atoms with Crippen molar-refractivity contribution in [2.75, 3.05) is 5.43 Å². The number of nitro benzene ring substituents is 1. The molecule has 0 bridgehead atoms. The molecular formula is C19H18N4O2. The summed E-state index contributed by atoms with van der Waals surface area (Å²) in [6, 6.07) is 12.4. The summed E-state index contributed by atoms with van der Waals surface area (Å²) in [5, 5.41) is 16.0. The van der Waals surface area contributed by atoms with E-state index in [-0.39, 0.29) is 5.69 Å². The zero-order chi connectivity index (χ0) is 18.0. The smallest absolute Gasteiger partial charge is 0.261 e. The topological polar surface area (TPSA) is 80.4 Å². The SMILES string of the molecule is Cc1cc(C)c2nc(NN=Cc3ccc([N+](=O)[O-])cc3)cc(C)c2c1. The molecule has 0 saturated heterocycles. The maximum Gasteiger partial charge on any atom is 0.269 e. The molecule has 3 aromatic rings. The number of hydrazone groups is 1. The van der Waals surface area contributed by atoms with Gasteiger partial charge in [0.1, 0.15) is 5.82 Å². The first-order valence-electron chi connectivity index (χ1n) is 7.86. The van der Waals surface area contributed by atoms with E-state index in [0.717, 1.165) is 27.6 Å². The van der Waals surface area contributed by atoms with E-state index in [9.17, 15) is 10.1 Å². The molecule has 2 aromatic carbocycles. The molecule has 0 fully saturated rings. The lowest BCUT2D eigenvalue weighted by Gasteiger charge is -2.09. The maximum absolute atomic E-state index is 10.7. The van der Waals surface area contributed by atoms with Crippen LogP contribution in [0.2, 0.25) is 0 Å². The minimum absolute atomic E-state index is 0.0581. The van der Waals surface area contributed by atoms with Crippen molar-refractivity contribution in [1.29, 1.82) is 0 Å². The highest BCUT2D eigenvalue weighted by Gasteiger charge is 2.06. The minimum atomic E-state index is -0.426. The summed E-state index contributed by atoms with van der Waals surface area (Å²) in [7, 11) is 0. The Balaban J connectivity index is 1.82. The Kier molecular flexibility index (Phi) is 4.43. The van der Waals surface area contributed by atoms with Gasteiger partial charge in [0.2, 0.25) is 0 Å². The number of hydrogen-bond donors (Lipinski definition) is 1. The van der Waals surface area contributed by atoms with Gasteiger partial charge in [-0.25, -0.2) is 4.98 Å². The molecule has 6 nitrogen and oxygen atoms in total. The first kappa shape index (κ1) is 16.6. The fraction of sp³-hybridized carbons (Fsp3) is 0.158. The maximum atomic E-state index is 10.7. The molecule has 3 rings (SSSR count). The first-order chi connectivity index (χ1) is 11.9. The van der Waals surface area contributed by atoms with Crippen LogP contribution in [0.5, 0.6) is 0 Å². The average molecular weight is 334 g/mol. The van der Waals surface area contributed by atoms with Gasteiger partial charge < -0.3 is 0 Å². The predicted molar refractivity (Wildman–Crippen MR) is 100 cm³/mol. The quantitative estimate of drug-likeness (QED) is 0.432. The number of pyridine rings is 1. The van der Waals surface area contributed by atoms with Crippen molar-refractivity contribution in [2.45, 2.75) is 20.8 Å². The molecule has 0 saturated carbocycles. The second-order valence-corrected chi connectivity index (χ2v) is 6.02. The molecule has 0 atom stereocenters. The molecule has 1 aromatic heterocycles. The summed E-state index contributed by atoms with van der Waals surface area (Å²) < 4.78 is 0. The predicted octanol–water partition coefficient (Wildman–Crippen LogP) is 4.51. The molecule has 1 heterocycles. The number of nitro groups is 1. The van der Waals surface area contributed by atoms with Crippen molar-refractivity contribution in [2.24, 2.45) is 5.10 Å². The number of aryl methyl sites for hydroxylation is 3. The highest BCUT2D eigenvalue weighted by molar-refractivity contribution is 5.87. The van der Waals surface area contributed by atoms with Crippen LogP contribution in [0, 0.1) is 30.9 Å². The molecule has 0 spiro atoms. The van der Waals surface area contributed by atoms with Gasteiger partial charge in [-0.15, -0.1) is 0 Å². The summed E-state index contributed by atoms with van der Waals surface area (Å²) in [6.45, 7) is 6.17. The molecule has 0 aliphatic heterocycles. The third-order valence-electron chi connectivity index (χ3n) is 3.95. The van der Waals surface area contributed by atoms with E-state index >= 15 is 0 Å². The zero-order valence-electron chi connectivity index (χ0n) is 14.3. The lowest BCUT2D eigenvalue weighted by molar-refractivity contribution is -0.384. The van der Waals surface area contributed by atoms with Crippen molar-refractivity contribution in [3.8, 4) is 0 Å². The van der Waals surface area contributed by atoms with Gasteiger partial charge in [0.05, 0.1) is 16.7 Å². The molecule has 6 heteroatoms. The lowest BCUT2D eigenvalue weighted by Crippen LogP contribution is -1.97. The summed E-state index contributed by atoms with van der Waals surface area (Å²) in [4.78, 5) is 14.9. The van der Waals surface area contributed by atoms with E-state index in [4.69, 9.17) is 0 Å². The highest BCUT2D eigenvalue weighted by Crippen LogP contribution is 2.24. The third kappa shape index (κ3) is 3.63. The summed E-state index contributed by atoms with van der Waals surface area (Å²) in [5.74, 6) is 0.662. The van der Waals surface area contributed by atoms with Crippen molar-refractivity contribution in [3.05, 3.63) is 74.8 Å². The first-order valence-corrected chi connectivity index (χ1v) is 7.86. The van der Waals surface area contributed by atoms with Crippen LogP contribution >= 0.6 is 0 Å². The van der Waals surface area contributed by atoms with Crippen LogP contribution in [0.1, 0.15) is 22.3 Å². The molecule has 0 radical (unpaired) electrons. The minimum Gasteiger partial charge on any atom is -0.261 e. The van der Waals surface area contributed by atoms with Gasteiger partial charge >= 0.3 is 0 Å². The van der Waals surface area contributed by atoms with E-state index in [1.54, 1.807) is 18.3 Å². The van der Waals surface area contributed by atoms with Crippen molar-refractivity contribution >= 4 is 28.6 Å². The van der Waals surface area contributed by atoms with E-state index in [2.05, 4.69) is 34.6 Å². The van der Waals surface area contributed by atoms with Gasteiger partial charge in [-0.05, 0) is 61.7 Å². The van der Waals surface area contributed by atoms with Crippen LogP contribution in [0.25, 0.3) is 10.9 Å². The summed E-state index contributed by atoms with van der Waals surface area (Å²) in [5.41, 5.74) is 8.18. The van der Waals surface area contributed by atoms with Crippen LogP contribution in [-0.4, -0.2) is 16.1 Å². The Morgan fingerprint density at radius 1 is 1.08 bits per heavy atom. The Hall–Kier alpha value is -3.28. The normalized spacial score (nSPS) is 11.2. The number of aromatic nitrogens is 1. The molecule has 126 valence electrons.